The number of carbonyl (C=O) groups excluding carboxylic acids is 2. The van der Waals surface area contributed by atoms with Gasteiger partial charge in [-0.25, -0.2) is 0 Å². The normalized spacial score (nSPS) is 14.4. The van der Waals surface area contributed by atoms with Gasteiger partial charge in [-0.3, -0.25) is 14.3 Å². The summed E-state index contributed by atoms with van der Waals surface area (Å²) in [4.78, 5) is 27.0. The van der Waals surface area contributed by atoms with Crippen LogP contribution in [0, 0.1) is 5.92 Å². The van der Waals surface area contributed by atoms with Gasteiger partial charge in [0.15, 0.2) is 0 Å². The summed E-state index contributed by atoms with van der Waals surface area (Å²) in [5.41, 5.74) is 1.98. The fourth-order valence-corrected chi connectivity index (χ4v) is 4.27. The maximum atomic E-state index is 12.6. The number of nitrogens with zero attached hydrogens (tertiary/aromatic N) is 2. The Morgan fingerprint density at radius 1 is 1.07 bits per heavy atom. The molecule has 0 aliphatic carbocycles. The van der Waals surface area contributed by atoms with Crippen molar-refractivity contribution in [2.75, 3.05) is 18.5 Å². The first-order valence-corrected chi connectivity index (χ1v) is 10.7. The lowest BCUT2D eigenvalue weighted by molar-refractivity contribution is -0.122. The number of ether oxygens (including phenoxy) is 1. The van der Waals surface area contributed by atoms with Gasteiger partial charge >= 0.3 is 0 Å². The van der Waals surface area contributed by atoms with Crippen molar-refractivity contribution in [1.82, 2.24) is 9.78 Å². The molecule has 1 aliphatic rings. The van der Waals surface area contributed by atoms with Crippen molar-refractivity contribution in [3.63, 3.8) is 0 Å². The van der Waals surface area contributed by atoms with Crippen LogP contribution in [0.4, 0.5) is 5.69 Å². The van der Waals surface area contributed by atoms with E-state index in [-0.39, 0.29) is 17.6 Å². The molecule has 1 aliphatic heterocycles. The molecule has 0 spiro atoms. The summed E-state index contributed by atoms with van der Waals surface area (Å²) in [5, 5.41) is 7.07. The molecule has 154 valence electrons. The Balaban J connectivity index is 1.40. The maximum absolute atomic E-state index is 12.6. The number of aromatic nitrogens is 2. The van der Waals surface area contributed by atoms with E-state index in [2.05, 4.69) is 10.4 Å². The highest BCUT2D eigenvalue weighted by molar-refractivity contribution is 7.99. The first-order valence-electron chi connectivity index (χ1n) is 9.89. The van der Waals surface area contributed by atoms with Gasteiger partial charge in [0.05, 0.1) is 0 Å². The van der Waals surface area contributed by atoms with Gasteiger partial charge in [0.25, 0.3) is 0 Å². The average Bonchev–Trinajstić information content (AvgIpc) is 3.20. The van der Waals surface area contributed by atoms with E-state index in [0.717, 1.165) is 28.3 Å². The molecule has 2 heterocycles. The molecule has 1 saturated heterocycles. The van der Waals surface area contributed by atoms with Crippen LogP contribution in [0.15, 0.2) is 70.6 Å². The first kappa shape index (κ1) is 20.4. The average molecular weight is 422 g/mol. The van der Waals surface area contributed by atoms with Crippen LogP contribution in [0.5, 0.6) is 0 Å². The molecular weight excluding hydrogens is 398 g/mol. The van der Waals surface area contributed by atoms with E-state index in [0.29, 0.717) is 24.5 Å². The Kier molecular flexibility index (Phi) is 6.30. The number of aryl methyl sites for hydroxylation is 1. The highest BCUT2D eigenvalue weighted by Gasteiger charge is 2.21. The van der Waals surface area contributed by atoms with Gasteiger partial charge in [-0.15, -0.1) is 0 Å². The minimum Gasteiger partial charge on any atom is -0.381 e. The monoisotopic (exact) mass is 421 g/mol. The Hall–Kier alpha value is -2.90. The Morgan fingerprint density at radius 2 is 1.83 bits per heavy atom. The summed E-state index contributed by atoms with van der Waals surface area (Å²) in [6, 6.07) is 17.0. The minimum absolute atomic E-state index is 0.0135. The highest BCUT2D eigenvalue weighted by atomic mass is 32.2. The van der Waals surface area contributed by atoms with Crippen LogP contribution in [0.25, 0.3) is 0 Å². The van der Waals surface area contributed by atoms with Crippen molar-refractivity contribution in [2.24, 2.45) is 13.0 Å². The third-order valence-electron chi connectivity index (χ3n) is 5.10. The van der Waals surface area contributed by atoms with Crippen LogP contribution >= 0.6 is 11.8 Å². The van der Waals surface area contributed by atoms with E-state index in [1.54, 1.807) is 35.8 Å². The van der Waals surface area contributed by atoms with Crippen LogP contribution in [-0.4, -0.2) is 34.7 Å². The van der Waals surface area contributed by atoms with Crippen molar-refractivity contribution in [3.8, 4) is 0 Å². The van der Waals surface area contributed by atoms with Crippen LogP contribution in [-0.2, 0) is 16.6 Å². The van der Waals surface area contributed by atoms with E-state index in [1.165, 1.54) is 0 Å². The summed E-state index contributed by atoms with van der Waals surface area (Å²) in [6.45, 7) is 1.29. The smallest absolute Gasteiger partial charge is 0.227 e. The summed E-state index contributed by atoms with van der Waals surface area (Å²) < 4.78 is 6.90. The molecule has 1 N–H and O–H groups in total. The Bertz CT molecular complexity index is 1040. The molecule has 6 nitrogen and oxygen atoms in total. The molecule has 7 heteroatoms. The van der Waals surface area contributed by atoms with Crippen molar-refractivity contribution in [3.05, 3.63) is 72.1 Å². The third kappa shape index (κ3) is 4.80. The van der Waals surface area contributed by atoms with E-state index in [9.17, 15) is 9.59 Å². The number of rotatable bonds is 6. The van der Waals surface area contributed by atoms with E-state index in [1.807, 2.05) is 48.5 Å². The third-order valence-corrected chi connectivity index (χ3v) is 6.10. The lowest BCUT2D eigenvalue weighted by Crippen LogP contribution is -2.28. The molecule has 0 atom stereocenters. The largest absolute Gasteiger partial charge is 0.381 e. The minimum atomic E-state index is -0.0515. The molecule has 0 radical (unpaired) electrons. The zero-order valence-corrected chi connectivity index (χ0v) is 17.5. The first-order chi connectivity index (χ1) is 14.6. The fraction of sp³-hybridized carbons (Fsp3) is 0.261. The fourth-order valence-electron chi connectivity index (χ4n) is 3.40. The van der Waals surface area contributed by atoms with Crippen LogP contribution < -0.4 is 5.32 Å². The molecule has 0 saturated carbocycles. The number of anilines is 1. The van der Waals surface area contributed by atoms with Gasteiger partial charge < -0.3 is 10.1 Å². The van der Waals surface area contributed by atoms with Gasteiger partial charge in [-0.05, 0) is 61.4 Å². The predicted molar refractivity (Wildman–Crippen MR) is 116 cm³/mol. The molecular formula is C23H23N3O3S. The zero-order valence-electron chi connectivity index (χ0n) is 16.7. The second-order valence-corrected chi connectivity index (χ2v) is 8.35. The summed E-state index contributed by atoms with van der Waals surface area (Å²) in [7, 11) is 1.76. The van der Waals surface area contributed by atoms with Crippen molar-refractivity contribution >= 4 is 29.1 Å². The Morgan fingerprint density at radius 3 is 2.53 bits per heavy atom. The molecule has 1 fully saturated rings. The molecule has 3 aromatic rings. The number of hydrogen-bond acceptors (Lipinski definition) is 5. The number of ketones is 1. The van der Waals surface area contributed by atoms with Gasteiger partial charge in [0, 0.05) is 53.4 Å². The van der Waals surface area contributed by atoms with E-state index >= 15 is 0 Å². The second kappa shape index (κ2) is 9.28. The van der Waals surface area contributed by atoms with Crippen LogP contribution in [0.1, 0.15) is 28.9 Å². The van der Waals surface area contributed by atoms with Crippen molar-refractivity contribution in [1.29, 1.82) is 0 Å². The zero-order chi connectivity index (χ0) is 20.9. The second-order valence-electron chi connectivity index (χ2n) is 7.20. The molecule has 4 rings (SSSR count). The summed E-state index contributed by atoms with van der Waals surface area (Å²) in [6.07, 6.45) is 3.15. The number of benzene rings is 2. The van der Waals surface area contributed by atoms with Gasteiger partial charge in [-0.2, -0.15) is 5.10 Å². The van der Waals surface area contributed by atoms with Gasteiger partial charge in [-0.1, -0.05) is 17.8 Å². The lowest BCUT2D eigenvalue weighted by atomic mass is 9.99. The molecule has 30 heavy (non-hydrogen) atoms. The summed E-state index contributed by atoms with van der Waals surface area (Å²) >= 11 is 1.59. The van der Waals surface area contributed by atoms with Crippen molar-refractivity contribution in [2.45, 2.75) is 22.6 Å². The number of amides is 1. The predicted octanol–water partition coefficient (Wildman–Crippen LogP) is 4.17. The van der Waals surface area contributed by atoms with E-state index in [4.69, 9.17) is 4.74 Å². The highest BCUT2D eigenvalue weighted by Crippen LogP contribution is 2.30. The lowest BCUT2D eigenvalue weighted by Gasteiger charge is -2.21. The molecule has 1 aromatic heterocycles. The quantitative estimate of drug-likeness (QED) is 0.605. The molecule has 0 unspecified atom stereocenters. The number of hydrogen-bond donors (Lipinski definition) is 1. The number of nitrogens with one attached hydrogen (secondary N) is 1. The van der Waals surface area contributed by atoms with E-state index < -0.39 is 0 Å². The number of carbonyl (C=O) groups is 2. The topological polar surface area (TPSA) is 73.2 Å². The molecule has 0 bridgehead atoms. The van der Waals surface area contributed by atoms with Crippen LogP contribution in [0.3, 0.4) is 0 Å². The van der Waals surface area contributed by atoms with Crippen molar-refractivity contribution < 1.29 is 14.3 Å². The van der Waals surface area contributed by atoms with Gasteiger partial charge in [0.1, 0.15) is 5.69 Å². The Labute approximate surface area is 179 Å². The standard InChI is InChI=1S/C23H23N3O3S/c1-26-21(9-12-24-26)22(27)16-5-7-19(8-6-16)30-20-4-2-3-18(15-20)25-23(28)17-10-13-29-14-11-17/h2-9,12,15,17H,10-11,13-14H2,1H3,(H,25,28). The van der Waals surface area contributed by atoms with Gasteiger partial charge in [0.2, 0.25) is 11.7 Å². The molecule has 2 aromatic carbocycles. The SMILES string of the molecule is Cn1nccc1C(=O)c1ccc(Sc2cccc(NC(=O)C3CCOCC3)c2)cc1. The maximum Gasteiger partial charge on any atom is 0.227 e. The van der Waals surface area contributed by atoms with Crippen LogP contribution in [0.2, 0.25) is 0 Å². The molecule has 1 amide bonds. The summed E-state index contributed by atoms with van der Waals surface area (Å²) in [5.74, 6) is 0.0161.